The van der Waals surface area contributed by atoms with Crippen molar-refractivity contribution in [2.24, 2.45) is 0 Å². The number of nitrogens with zero attached hydrogens (tertiary/aromatic N) is 4. The molecule has 0 radical (unpaired) electrons. The summed E-state index contributed by atoms with van der Waals surface area (Å²) in [6, 6.07) is 6.53. The first-order valence-corrected chi connectivity index (χ1v) is 9.47. The van der Waals surface area contributed by atoms with Crippen molar-refractivity contribution in [1.82, 2.24) is 19.9 Å². The van der Waals surface area contributed by atoms with Crippen molar-refractivity contribution in [3.63, 3.8) is 0 Å². The van der Waals surface area contributed by atoms with Crippen LogP contribution in [-0.4, -0.2) is 33.0 Å². The molecule has 2 aromatic heterocycles. The van der Waals surface area contributed by atoms with Crippen LogP contribution in [0.4, 0.5) is 11.8 Å². The molecule has 0 atom stereocenters. The molecule has 1 aliphatic heterocycles. The van der Waals surface area contributed by atoms with E-state index in [1.54, 1.807) is 6.33 Å². The Hall–Kier alpha value is -2.89. The van der Waals surface area contributed by atoms with E-state index in [2.05, 4.69) is 56.9 Å². The van der Waals surface area contributed by atoms with Gasteiger partial charge in [-0.3, -0.25) is 0 Å². The number of imidazole rings is 1. The molecule has 1 saturated heterocycles. The molecule has 0 aliphatic carbocycles. The summed E-state index contributed by atoms with van der Waals surface area (Å²) in [5, 5.41) is 0. The fourth-order valence-electron chi connectivity index (χ4n) is 4.05. The Labute approximate surface area is 159 Å². The van der Waals surface area contributed by atoms with Gasteiger partial charge in [0, 0.05) is 36.5 Å². The highest BCUT2D eigenvalue weighted by Gasteiger charge is 2.26. The zero-order valence-electron chi connectivity index (χ0n) is 16.2. The van der Waals surface area contributed by atoms with E-state index in [9.17, 15) is 0 Å². The summed E-state index contributed by atoms with van der Waals surface area (Å²) in [7, 11) is 0. The molecule has 140 valence electrons. The van der Waals surface area contributed by atoms with Crippen LogP contribution < -0.4 is 10.6 Å². The third-order valence-corrected chi connectivity index (χ3v) is 5.50. The van der Waals surface area contributed by atoms with Crippen molar-refractivity contribution in [3.8, 4) is 11.1 Å². The van der Waals surface area contributed by atoms with Crippen molar-refractivity contribution >= 4 is 11.8 Å². The number of piperidine rings is 1. The molecule has 0 unspecified atom stereocenters. The van der Waals surface area contributed by atoms with Crippen molar-refractivity contribution < 1.29 is 0 Å². The maximum Gasteiger partial charge on any atom is 0.197 e. The van der Waals surface area contributed by atoms with Gasteiger partial charge in [0.2, 0.25) is 0 Å². The summed E-state index contributed by atoms with van der Waals surface area (Å²) < 4.78 is 0. The van der Waals surface area contributed by atoms with E-state index in [0.29, 0.717) is 11.9 Å². The summed E-state index contributed by atoms with van der Waals surface area (Å²) in [6.07, 6.45) is 5.67. The van der Waals surface area contributed by atoms with Gasteiger partial charge in [0.25, 0.3) is 0 Å². The minimum Gasteiger partial charge on any atom is -0.369 e. The monoisotopic (exact) mass is 362 g/mol. The van der Waals surface area contributed by atoms with E-state index in [4.69, 9.17) is 5.73 Å². The first kappa shape index (κ1) is 17.5. The number of aryl methyl sites for hydroxylation is 3. The number of aromatic amines is 1. The lowest BCUT2D eigenvalue weighted by atomic mass is 9.92. The van der Waals surface area contributed by atoms with Crippen LogP contribution >= 0.6 is 0 Å². The van der Waals surface area contributed by atoms with E-state index in [1.807, 2.05) is 13.1 Å². The Morgan fingerprint density at radius 3 is 2.59 bits per heavy atom. The maximum absolute atomic E-state index is 5.82. The van der Waals surface area contributed by atoms with Crippen LogP contribution in [0, 0.1) is 20.8 Å². The van der Waals surface area contributed by atoms with Crippen molar-refractivity contribution in [2.75, 3.05) is 23.7 Å². The number of hydrogen-bond acceptors (Lipinski definition) is 5. The SMILES string of the molecule is Cc1ccc(C)c(-c2cncnc2N2CCC(c3nc(N)[nH]c3C)CC2)c1. The van der Waals surface area contributed by atoms with Gasteiger partial charge in [-0.25, -0.2) is 15.0 Å². The lowest BCUT2D eigenvalue weighted by Gasteiger charge is -2.33. The quantitative estimate of drug-likeness (QED) is 0.741. The number of H-pyrrole nitrogens is 1. The number of hydrogen-bond donors (Lipinski definition) is 2. The molecule has 0 amide bonds. The normalized spacial score (nSPS) is 15.3. The molecule has 3 aromatic rings. The van der Waals surface area contributed by atoms with Crippen molar-refractivity contribution in [2.45, 2.75) is 39.5 Å². The fraction of sp³-hybridized carbons (Fsp3) is 0.381. The topological polar surface area (TPSA) is 83.7 Å². The second kappa shape index (κ2) is 7.02. The predicted molar refractivity (Wildman–Crippen MR) is 109 cm³/mol. The van der Waals surface area contributed by atoms with Crippen LogP contribution in [-0.2, 0) is 0 Å². The van der Waals surface area contributed by atoms with Crippen LogP contribution in [0.3, 0.4) is 0 Å². The van der Waals surface area contributed by atoms with E-state index in [1.165, 1.54) is 16.7 Å². The number of nitrogens with two attached hydrogens (primary N) is 1. The molecule has 4 rings (SSSR count). The molecular formula is C21H26N6. The fourth-order valence-corrected chi connectivity index (χ4v) is 4.05. The van der Waals surface area contributed by atoms with Gasteiger partial charge < -0.3 is 15.6 Å². The van der Waals surface area contributed by atoms with E-state index in [-0.39, 0.29) is 0 Å². The average molecular weight is 362 g/mol. The Morgan fingerprint density at radius 2 is 1.89 bits per heavy atom. The molecule has 6 heteroatoms. The first-order valence-electron chi connectivity index (χ1n) is 9.47. The molecule has 1 aromatic carbocycles. The third-order valence-electron chi connectivity index (χ3n) is 5.50. The highest BCUT2D eigenvalue weighted by molar-refractivity contribution is 5.77. The van der Waals surface area contributed by atoms with Crippen LogP contribution in [0.2, 0.25) is 0 Å². The van der Waals surface area contributed by atoms with Crippen molar-refractivity contribution in [3.05, 3.63) is 53.2 Å². The molecule has 1 aliphatic rings. The van der Waals surface area contributed by atoms with Gasteiger partial charge in [-0.15, -0.1) is 0 Å². The van der Waals surface area contributed by atoms with Crippen molar-refractivity contribution in [1.29, 1.82) is 0 Å². The maximum atomic E-state index is 5.82. The van der Waals surface area contributed by atoms with Crippen LogP contribution in [0.1, 0.15) is 41.3 Å². The Balaban J connectivity index is 1.59. The minimum absolute atomic E-state index is 0.445. The highest BCUT2D eigenvalue weighted by atomic mass is 15.2. The molecule has 3 N–H and O–H groups in total. The Morgan fingerprint density at radius 1 is 1.11 bits per heavy atom. The van der Waals surface area contributed by atoms with Crippen LogP contribution in [0.5, 0.6) is 0 Å². The molecule has 6 nitrogen and oxygen atoms in total. The summed E-state index contributed by atoms with van der Waals surface area (Å²) in [6.45, 7) is 8.21. The van der Waals surface area contributed by atoms with Gasteiger partial charge in [-0.2, -0.15) is 0 Å². The predicted octanol–water partition coefficient (Wildman–Crippen LogP) is 3.76. The highest BCUT2D eigenvalue weighted by Crippen LogP contribution is 2.35. The van der Waals surface area contributed by atoms with Gasteiger partial charge in [-0.1, -0.05) is 23.8 Å². The lowest BCUT2D eigenvalue weighted by molar-refractivity contribution is 0.493. The number of nitrogen functional groups attached to an aromatic ring is 1. The average Bonchev–Trinajstić information content (AvgIpc) is 3.02. The van der Waals surface area contributed by atoms with Gasteiger partial charge in [0.05, 0.1) is 5.69 Å². The summed E-state index contributed by atoms with van der Waals surface area (Å²) in [4.78, 5) is 18.9. The first-order chi connectivity index (χ1) is 13.0. The summed E-state index contributed by atoms with van der Waals surface area (Å²) in [5.41, 5.74) is 12.8. The van der Waals surface area contributed by atoms with E-state index < -0.39 is 0 Å². The Kier molecular flexibility index (Phi) is 4.56. The largest absolute Gasteiger partial charge is 0.369 e. The lowest BCUT2D eigenvalue weighted by Crippen LogP contribution is -2.34. The number of rotatable bonds is 3. The number of anilines is 2. The van der Waals surface area contributed by atoms with Gasteiger partial charge >= 0.3 is 0 Å². The summed E-state index contributed by atoms with van der Waals surface area (Å²) in [5.74, 6) is 1.98. The molecule has 1 fully saturated rings. The number of aromatic nitrogens is 4. The number of nitrogens with one attached hydrogen (secondary N) is 1. The van der Waals surface area contributed by atoms with Gasteiger partial charge in [0.15, 0.2) is 5.95 Å². The van der Waals surface area contributed by atoms with Gasteiger partial charge in [-0.05, 0) is 44.7 Å². The molecule has 0 spiro atoms. The molecular weight excluding hydrogens is 336 g/mol. The summed E-state index contributed by atoms with van der Waals surface area (Å²) >= 11 is 0. The molecule has 0 saturated carbocycles. The second-order valence-electron chi connectivity index (χ2n) is 7.47. The smallest absolute Gasteiger partial charge is 0.197 e. The zero-order chi connectivity index (χ0) is 19.0. The standard InChI is InChI=1S/C21H26N6/c1-13-4-5-14(2)17(10-13)18-11-23-12-24-20(18)27-8-6-16(7-9-27)19-15(3)25-21(22)26-19/h4-5,10-12,16H,6-9H2,1-3H3,(H3,22,25,26). The van der Waals surface area contributed by atoms with Crippen LogP contribution in [0.25, 0.3) is 11.1 Å². The van der Waals surface area contributed by atoms with Crippen LogP contribution in [0.15, 0.2) is 30.7 Å². The van der Waals surface area contributed by atoms with E-state index >= 15 is 0 Å². The minimum atomic E-state index is 0.445. The zero-order valence-corrected chi connectivity index (χ0v) is 16.2. The number of benzene rings is 1. The second-order valence-corrected chi connectivity index (χ2v) is 7.47. The van der Waals surface area contributed by atoms with E-state index in [0.717, 1.165) is 48.7 Å². The molecule has 0 bridgehead atoms. The van der Waals surface area contributed by atoms with Gasteiger partial charge in [0.1, 0.15) is 12.1 Å². The molecule has 27 heavy (non-hydrogen) atoms. The third kappa shape index (κ3) is 3.39. The Bertz CT molecular complexity index is 953. The molecule has 3 heterocycles.